The maximum atomic E-state index is 12.8. The topological polar surface area (TPSA) is 88.6 Å². The molecule has 32 heavy (non-hydrogen) atoms. The molecule has 2 N–H and O–H groups in total. The molecule has 1 amide bonds. The summed E-state index contributed by atoms with van der Waals surface area (Å²) in [6.07, 6.45) is 3.78. The maximum absolute atomic E-state index is 12.8. The molecule has 8 nitrogen and oxygen atoms in total. The van der Waals surface area contributed by atoms with Crippen LogP contribution in [0.1, 0.15) is 55.6 Å². The van der Waals surface area contributed by atoms with Gasteiger partial charge < -0.3 is 25.0 Å². The first kappa shape index (κ1) is 23.6. The van der Waals surface area contributed by atoms with E-state index in [0.717, 1.165) is 37.2 Å². The lowest BCUT2D eigenvalue weighted by molar-refractivity contribution is 0.0926. The summed E-state index contributed by atoms with van der Waals surface area (Å²) in [4.78, 5) is 23.7. The number of carbonyl (C=O) groups excluding carboxylic acids is 1. The fourth-order valence-corrected chi connectivity index (χ4v) is 3.88. The van der Waals surface area contributed by atoms with Gasteiger partial charge in [0.25, 0.3) is 5.91 Å². The number of hydrogen-bond acceptors (Lipinski definition) is 7. The van der Waals surface area contributed by atoms with Gasteiger partial charge in [0.05, 0.1) is 13.2 Å². The smallest absolute Gasteiger partial charge is 0.251 e. The number of benzene rings is 1. The summed E-state index contributed by atoms with van der Waals surface area (Å²) in [5.74, 6) is 2.75. The van der Waals surface area contributed by atoms with Crippen LogP contribution >= 0.6 is 0 Å². The molecule has 1 aromatic carbocycles. The molecule has 0 bridgehead atoms. The highest BCUT2D eigenvalue weighted by molar-refractivity contribution is 5.95. The third-order valence-corrected chi connectivity index (χ3v) is 5.46. The van der Waals surface area contributed by atoms with Crippen molar-refractivity contribution in [1.82, 2.24) is 15.3 Å². The van der Waals surface area contributed by atoms with Crippen LogP contribution in [-0.4, -0.2) is 55.3 Å². The molecule has 1 aliphatic rings. The minimum Gasteiger partial charge on any atom is -0.490 e. The molecule has 1 aromatic heterocycles. The van der Waals surface area contributed by atoms with Gasteiger partial charge in [-0.3, -0.25) is 4.79 Å². The average Bonchev–Trinajstić information content (AvgIpc) is 2.76. The quantitative estimate of drug-likeness (QED) is 0.612. The van der Waals surface area contributed by atoms with Crippen molar-refractivity contribution in [2.45, 2.75) is 58.5 Å². The lowest BCUT2D eigenvalue weighted by Gasteiger charge is -2.30. The van der Waals surface area contributed by atoms with E-state index >= 15 is 0 Å². The molecule has 1 saturated carbocycles. The number of amides is 1. The van der Waals surface area contributed by atoms with Crippen molar-refractivity contribution in [1.29, 1.82) is 0 Å². The molecule has 174 valence electrons. The second-order valence-electron chi connectivity index (χ2n) is 8.28. The van der Waals surface area contributed by atoms with Crippen molar-refractivity contribution in [3.05, 3.63) is 35.5 Å². The standard InChI is InChI=1S/C24H35N5O3/c1-6-31-20-13-8-17(15-21(20)32-7-2)23(30)27-19-11-9-18(10-12-19)26-22-14-16(3)25-24(28-22)29(4)5/h8,13-15,18-19H,6-7,9-12H2,1-5H3,(H,27,30)(H,25,26,28). The minimum absolute atomic E-state index is 0.0764. The molecule has 0 aliphatic heterocycles. The number of aromatic nitrogens is 2. The summed E-state index contributed by atoms with van der Waals surface area (Å²) in [7, 11) is 3.88. The van der Waals surface area contributed by atoms with E-state index in [9.17, 15) is 4.79 Å². The zero-order chi connectivity index (χ0) is 23.1. The molecule has 8 heteroatoms. The minimum atomic E-state index is -0.0764. The van der Waals surface area contributed by atoms with Gasteiger partial charge in [-0.1, -0.05) is 0 Å². The summed E-state index contributed by atoms with van der Waals surface area (Å²) in [6.45, 7) is 6.88. The normalized spacial score (nSPS) is 18.0. The molecule has 0 atom stereocenters. The Hall–Kier alpha value is -3.03. The summed E-state index contributed by atoms with van der Waals surface area (Å²) in [5, 5.41) is 6.72. The number of aryl methyl sites for hydroxylation is 1. The van der Waals surface area contributed by atoms with Crippen molar-refractivity contribution in [2.24, 2.45) is 0 Å². The number of ether oxygens (including phenoxy) is 2. The highest BCUT2D eigenvalue weighted by Crippen LogP contribution is 2.29. The molecule has 0 spiro atoms. The van der Waals surface area contributed by atoms with Crippen molar-refractivity contribution < 1.29 is 14.3 Å². The largest absolute Gasteiger partial charge is 0.490 e. The summed E-state index contributed by atoms with van der Waals surface area (Å²) in [5.41, 5.74) is 1.53. The molecule has 3 rings (SSSR count). The van der Waals surface area contributed by atoms with E-state index in [0.29, 0.717) is 42.3 Å². The number of hydrogen-bond donors (Lipinski definition) is 2. The van der Waals surface area contributed by atoms with Gasteiger partial charge in [0, 0.05) is 43.5 Å². The molecule has 0 unspecified atom stereocenters. The van der Waals surface area contributed by atoms with Gasteiger partial charge in [0.2, 0.25) is 5.95 Å². The van der Waals surface area contributed by atoms with Gasteiger partial charge in [-0.15, -0.1) is 0 Å². The lowest BCUT2D eigenvalue weighted by Crippen LogP contribution is -2.40. The summed E-state index contributed by atoms with van der Waals surface area (Å²) in [6, 6.07) is 7.82. The molecule has 1 fully saturated rings. The van der Waals surface area contributed by atoms with Gasteiger partial charge in [-0.05, 0) is 64.7 Å². The Bertz CT molecular complexity index is 911. The van der Waals surface area contributed by atoms with E-state index in [1.807, 2.05) is 45.8 Å². The Morgan fingerprint density at radius 3 is 2.31 bits per heavy atom. The van der Waals surface area contributed by atoms with Crippen molar-refractivity contribution in [2.75, 3.05) is 37.5 Å². The number of rotatable bonds is 9. The number of carbonyl (C=O) groups is 1. The van der Waals surface area contributed by atoms with Gasteiger partial charge >= 0.3 is 0 Å². The van der Waals surface area contributed by atoms with E-state index in [-0.39, 0.29) is 11.9 Å². The summed E-state index contributed by atoms with van der Waals surface area (Å²) < 4.78 is 11.2. The van der Waals surface area contributed by atoms with Crippen LogP contribution in [0.25, 0.3) is 0 Å². The molecule has 2 aromatic rings. The first-order chi connectivity index (χ1) is 15.4. The second-order valence-corrected chi connectivity index (χ2v) is 8.28. The van der Waals surface area contributed by atoms with E-state index in [1.165, 1.54) is 0 Å². The fraction of sp³-hybridized carbons (Fsp3) is 0.542. The second kappa shape index (κ2) is 11.0. The van der Waals surface area contributed by atoms with Crippen LogP contribution in [0.2, 0.25) is 0 Å². The highest BCUT2D eigenvalue weighted by atomic mass is 16.5. The predicted octanol–water partition coefficient (Wildman–Crippen LogP) is 3.80. The van der Waals surface area contributed by atoms with Crippen LogP contribution in [0.15, 0.2) is 24.3 Å². The Morgan fingerprint density at radius 2 is 1.66 bits per heavy atom. The van der Waals surface area contributed by atoms with Crippen molar-refractivity contribution >= 4 is 17.7 Å². The number of nitrogens with zero attached hydrogens (tertiary/aromatic N) is 3. The van der Waals surface area contributed by atoms with Gasteiger partial charge in [-0.25, -0.2) is 4.98 Å². The monoisotopic (exact) mass is 441 g/mol. The Kier molecular flexibility index (Phi) is 8.14. The van der Waals surface area contributed by atoms with Crippen LogP contribution < -0.4 is 25.0 Å². The molecule has 0 saturated heterocycles. The summed E-state index contributed by atoms with van der Waals surface area (Å²) >= 11 is 0. The predicted molar refractivity (Wildman–Crippen MR) is 127 cm³/mol. The highest BCUT2D eigenvalue weighted by Gasteiger charge is 2.24. The first-order valence-corrected chi connectivity index (χ1v) is 11.4. The van der Waals surface area contributed by atoms with Crippen molar-refractivity contribution in [3.63, 3.8) is 0 Å². The molecular formula is C24H35N5O3. The molecule has 0 radical (unpaired) electrons. The molecule has 1 aliphatic carbocycles. The van der Waals surface area contributed by atoms with Gasteiger partial charge in [-0.2, -0.15) is 4.98 Å². The van der Waals surface area contributed by atoms with Crippen LogP contribution in [0.4, 0.5) is 11.8 Å². The molecular weight excluding hydrogens is 406 g/mol. The zero-order valence-corrected chi connectivity index (χ0v) is 19.8. The van der Waals surface area contributed by atoms with E-state index in [4.69, 9.17) is 9.47 Å². The Balaban J connectivity index is 1.55. The number of nitrogens with one attached hydrogen (secondary N) is 2. The van der Waals surface area contributed by atoms with Crippen LogP contribution in [-0.2, 0) is 0 Å². The third kappa shape index (κ3) is 6.24. The Labute approximate surface area is 190 Å². The van der Waals surface area contributed by atoms with E-state index in [2.05, 4.69) is 20.6 Å². The average molecular weight is 442 g/mol. The van der Waals surface area contributed by atoms with Crippen LogP contribution in [0.3, 0.4) is 0 Å². The van der Waals surface area contributed by atoms with Crippen LogP contribution in [0.5, 0.6) is 11.5 Å². The van der Waals surface area contributed by atoms with Crippen molar-refractivity contribution in [3.8, 4) is 11.5 Å². The van der Waals surface area contributed by atoms with E-state index in [1.54, 1.807) is 18.2 Å². The van der Waals surface area contributed by atoms with Gasteiger partial charge in [0.1, 0.15) is 5.82 Å². The lowest BCUT2D eigenvalue weighted by atomic mass is 9.91. The third-order valence-electron chi connectivity index (χ3n) is 5.46. The van der Waals surface area contributed by atoms with Crippen LogP contribution in [0, 0.1) is 6.92 Å². The maximum Gasteiger partial charge on any atom is 0.251 e. The first-order valence-electron chi connectivity index (χ1n) is 11.4. The zero-order valence-electron chi connectivity index (χ0n) is 19.8. The SMILES string of the molecule is CCOc1ccc(C(=O)NC2CCC(Nc3cc(C)nc(N(C)C)n3)CC2)cc1OCC. The molecule has 1 heterocycles. The van der Waals surface area contributed by atoms with Gasteiger partial charge in [0.15, 0.2) is 11.5 Å². The van der Waals surface area contributed by atoms with E-state index < -0.39 is 0 Å². The Morgan fingerprint density at radius 1 is 1.00 bits per heavy atom. The fourth-order valence-electron chi connectivity index (χ4n) is 3.88. The number of anilines is 2.